The van der Waals surface area contributed by atoms with Gasteiger partial charge in [0.25, 0.3) is 11.5 Å². The number of aryl methyl sites for hydroxylation is 3. The van der Waals surface area contributed by atoms with Gasteiger partial charge in [-0.05, 0) is 57.9 Å². The zero-order valence-electron chi connectivity index (χ0n) is 17.2. The van der Waals surface area contributed by atoms with Crippen LogP contribution in [0.4, 0.5) is 0 Å². The Kier molecular flexibility index (Phi) is 5.68. The number of amides is 1. The summed E-state index contributed by atoms with van der Waals surface area (Å²) in [6.45, 7) is 10.1. The molecule has 6 nitrogen and oxygen atoms in total. The Hall–Kier alpha value is -2.89. The summed E-state index contributed by atoms with van der Waals surface area (Å²) in [4.78, 5) is 30.8. The van der Waals surface area contributed by atoms with Crippen LogP contribution in [0.15, 0.2) is 29.1 Å². The van der Waals surface area contributed by atoms with Crippen LogP contribution in [-0.4, -0.2) is 32.0 Å². The average molecular weight is 380 g/mol. The summed E-state index contributed by atoms with van der Waals surface area (Å²) in [5.74, 6) is -0.0903. The summed E-state index contributed by atoms with van der Waals surface area (Å²) in [6, 6.07) is 7.53. The van der Waals surface area contributed by atoms with Gasteiger partial charge in [-0.1, -0.05) is 19.4 Å². The number of pyridine rings is 1. The largest absolute Gasteiger partial charge is 0.332 e. The Morgan fingerprint density at radius 1 is 1.25 bits per heavy atom. The first kappa shape index (κ1) is 19.9. The molecule has 1 amide bonds. The monoisotopic (exact) mass is 380 g/mol. The van der Waals surface area contributed by atoms with Gasteiger partial charge in [-0.3, -0.25) is 14.7 Å². The molecule has 0 atom stereocenters. The van der Waals surface area contributed by atoms with Crippen LogP contribution in [-0.2, 0) is 13.0 Å². The fourth-order valence-corrected chi connectivity index (χ4v) is 3.67. The molecule has 0 radical (unpaired) electrons. The summed E-state index contributed by atoms with van der Waals surface area (Å²) < 4.78 is 0. The summed E-state index contributed by atoms with van der Waals surface area (Å²) in [7, 11) is 0. The van der Waals surface area contributed by atoms with E-state index in [2.05, 4.69) is 22.1 Å². The van der Waals surface area contributed by atoms with Crippen LogP contribution in [0.3, 0.4) is 0 Å². The molecule has 0 unspecified atom stereocenters. The summed E-state index contributed by atoms with van der Waals surface area (Å²) >= 11 is 0. The van der Waals surface area contributed by atoms with E-state index in [9.17, 15) is 9.59 Å². The highest BCUT2D eigenvalue weighted by molar-refractivity contribution is 6.07. The summed E-state index contributed by atoms with van der Waals surface area (Å²) in [6.07, 6.45) is 1.76. The van der Waals surface area contributed by atoms with Gasteiger partial charge in [0.15, 0.2) is 0 Å². The Labute approximate surface area is 165 Å². The van der Waals surface area contributed by atoms with E-state index < -0.39 is 0 Å². The van der Waals surface area contributed by atoms with Crippen molar-refractivity contribution in [2.24, 2.45) is 0 Å². The van der Waals surface area contributed by atoms with Gasteiger partial charge in [0.05, 0.1) is 17.6 Å². The molecule has 0 bridgehead atoms. The Bertz CT molecular complexity index is 1060. The highest BCUT2D eigenvalue weighted by Gasteiger charge is 2.24. The fourth-order valence-electron chi connectivity index (χ4n) is 3.67. The number of hydrogen-bond acceptors (Lipinski definition) is 3. The fraction of sp³-hybridized carbons (Fsp3) is 0.409. The van der Waals surface area contributed by atoms with Crippen molar-refractivity contribution in [2.45, 2.75) is 60.0 Å². The second kappa shape index (κ2) is 8.00. The molecule has 2 N–H and O–H groups in total. The van der Waals surface area contributed by atoms with Crippen LogP contribution in [0.25, 0.3) is 10.9 Å². The molecule has 0 fully saturated rings. The maximum Gasteiger partial charge on any atom is 0.255 e. The van der Waals surface area contributed by atoms with Gasteiger partial charge in [-0.15, -0.1) is 0 Å². The third-order valence-corrected chi connectivity index (χ3v) is 5.09. The van der Waals surface area contributed by atoms with E-state index in [1.807, 2.05) is 52.0 Å². The smallest absolute Gasteiger partial charge is 0.255 e. The lowest BCUT2D eigenvalue weighted by molar-refractivity contribution is 0.0691. The quantitative estimate of drug-likeness (QED) is 0.681. The van der Waals surface area contributed by atoms with E-state index in [0.29, 0.717) is 11.1 Å². The van der Waals surface area contributed by atoms with Crippen LogP contribution in [0.1, 0.15) is 60.1 Å². The number of nitrogens with one attached hydrogen (secondary N) is 2. The molecule has 1 aromatic carbocycles. The number of benzene rings is 1. The standard InChI is InChI=1S/C22H28N4O2/c1-6-8-16-11-14(4)23-21(27)18(16)12-26(13(2)3)22(28)17-9-7-10-19-20(17)15(5)24-25-19/h7,9-11,13H,6,8,12H2,1-5H3,(H,23,27)(H,24,25). The molecule has 0 spiro atoms. The van der Waals surface area contributed by atoms with Crippen LogP contribution in [0.2, 0.25) is 0 Å². The molecule has 148 valence electrons. The van der Waals surface area contributed by atoms with Crippen molar-refractivity contribution < 1.29 is 4.79 Å². The lowest BCUT2D eigenvalue weighted by Gasteiger charge is -2.28. The number of fused-ring (bicyclic) bond motifs is 1. The first-order valence-electron chi connectivity index (χ1n) is 9.79. The van der Waals surface area contributed by atoms with Crippen molar-refractivity contribution in [3.63, 3.8) is 0 Å². The summed E-state index contributed by atoms with van der Waals surface area (Å²) in [5, 5.41) is 8.05. The molecule has 2 aromatic heterocycles. The highest BCUT2D eigenvalue weighted by atomic mass is 16.2. The second-order valence-corrected chi connectivity index (χ2v) is 7.61. The van der Waals surface area contributed by atoms with Crippen molar-refractivity contribution in [3.8, 4) is 0 Å². The first-order chi connectivity index (χ1) is 13.3. The summed E-state index contributed by atoms with van der Waals surface area (Å²) in [5.41, 5.74) is 4.66. The predicted molar refractivity (Wildman–Crippen MR) is 112 cm³/mol. The van der Waals surface area contributed by atoms with Gasteiger partial charge in [-0.2, -0.15) is 5.10 Å². The molecule has 0 aliphatic heterocycles. The number of aromatic amines is 2. The predicted octanol–water partition coefficient (Wildman–Crippen LogP) is 3.87. The van der Waals surface area contributed by atoms with Gasteiger partial charge in [-0.25, -0.2) is 0 Å². The molecule has 2 heterocycles. The van der Waals surface area contributed by atoms with Crippen LogP contribution in [0.5, 0.6) is 0 Å². The van der Waals surface area contributed by atoms with Crippen molar-refractivity contribution in [3.05, 3.63) is 62.7 Å². The molecular weight excluding hydrogens is 352 g/mol. The van der Waals surface area contributed by atoms with Crippen LogP contribution < -0.4 is 5.56 Å². The molecule has 0 saturated carbocycles. The number of hydrogen-bond donors (Lipinski definition) is 2. The minimum atomic E-state index is -0.111. The van der Waals surface area contributed by atoms with Crippen LogP contribution >= 0.6 is 0 Å². The highest BCUT2D eigenvalue weighted by Crippen LogP contribution is 2.23. The van der Waals surface area contributed by atoms with Gasteiger partial charge < -0.3 is 9.88 Å². The van der Waals surface area contributed by atoms with Gasteiger partial charge >= 0.3 is 0 Å². The first-order valence-corrected chi connectivity index (χ1v) is 9.79. The van der Waals surface area contributed by atoms with E-state index in [4.69, 9.17) is 0 Å². The lowest BCUT2D eigenvalue weighted by atomic mass is 10.0. The number of nitrogens with zero attached hydrogens (tertiary/aromatic N) is 2. The van der Waals surface area contributed by atoms with Gasteiger partial charge in [0, 0.05) is 28.4 Å². The zero-order chi connectivity index (χ0) is 20.4. The Morgan fingerprint density at radius 2 is 2.00 bits per heavy atom. The van der Waals surface area contributed by atoms with Crippen molar-refractivity contribution in [1.82, 2.24) is 20.1 Å². The molecule has 6 heteroatoms. The molecule has 0 saturated heterocycles. The maximum absolute atomic E-state index is 13.5. The maximum atomic E-state index is 13.5. The molecular formula is C22H28N4O2. The SMILES string of the molecule is CCCc1cc(C)[nH]c(=O)c1CN(C(=O)c1cccc2n[nH]c(C)c12)C(C)C. The number of carbonyl (C=O) groups is 1. The zero-order valence-corrected chi connectivity index (χ0v) is 17.2. The van der Waals surface area contributed by atoms with E-state index >= 15 is 0 Å². The Balaban J connectivity index is 2.05. The van der Waals surface area contributed by atoms with Gasteiger partial charge in [0.2, 0.25) is 0 Å². The van der Waals surface area contributed by atoms with Crippen molar-refractivity contribution in [2.75, 3.05) is 0 Å². The number of aromatic nitrogens is 3. The van der Waals surface area contributed by atoms with Crippen molar-refractivity contribution in [1.29, 1.82) is 0 Å². The minimum absolute atomic E-state index is 0.0508. The number of H-pyrrole nitrogens is 2. The average Bonchev–Trinajstić information content (AvgIpc) is 3.02. The van der Waals surface area contributed by atoms with Crippen LogP contribution in [0, 0.1) is 13.8 Å². The molecule has 3 rings (SSSR count). The molecule has 0 aliphatic rings. The normalized spacial score (nSPS) is 11.4. The molecule has 28 heavy (non-hydrogen) atoms. The minimum Gasteiger partial charge on any atom is -0.332 e. The van der Waals surface area contributed by atoms with Crippen molar-refractivity contribution >= 4 is 16.8 Å². The molecule has 3 aromatic rings. The van der Waals surface area contributed by atoms with E-state index in [0.717, 1.165) is 40.7 Å². The van der Waals surface area contributed by atoms with E-state index in [-0.39, 0.29) is 24.1 Å². The topological polar surface area (TPSA) is 81.8 Å². The Morgan fingerprint density at radius 3 is 2.68 bits per heavy atom. The number of carbonyl (C=O) groups excluding carboxylic acids is 1. The lowest BCUT2D eigenvalue weighted by Crippen LogP contribution is -2.38. The van der Waals surface area contributed by atoms with E-state index in [1.54, 1.807) is 4.90 Å². The second-order valence-electron chi connectivity index (χ2n) is 7.61. The van der Waals surface area contributed by atoms with Gasteiger partial charge in [0.1, 0.15) is 0 Å². The third-order valence-electron chi connectivity index (χ3n) is 5.09. The molecule has 0 aliphatic carbocycles. The number of rotatable bonds is 6. The third kappa shape index (κ3) is 3.72. The van der Waals surface area contributed by atoms with E-state index in [1.165, 1.54) is 0 Å².